The smallest absolute Gasteiger partial charge is 0.164 e. The van der Waals surface area contributed by atoms with Crippen molar-refractivity contribution in [3.05, 3.63) is 133 Å². The Morgan fingerprint density at radius 3 is 1.71 bits per heavy atom. The quantitative estimate of drug-likeness (QED) is 0.182. The number of nitrogens with zero attached hydrogens (tertiary/aromatic N) is 5. The van der Waals surface area contributed by atoms with Crippen molar-refractivity contribution < 1.29 is 0 Å². The molecular weight excluding hydrogens is 599 g/mol. The van der Waals surface area contributed by atoms with Gasteiger partial charge in [-0.25, -0.2) is 15.0 Å². The Labute approximate surface area is 288 Å². The zero-order valence-electron chi connectivity index (χ0n) is 28.1. The second kappa shape index (κ2) is 12.9. The molecule has 5 nitrogen and oxygen atoms in total. The number of aromatic nitrogens is 4. The SMILES string of the molecule is C[C@@H]1C[C@@H]2C[C@H](C)CC(c3ccc(-c4cc(-c5ccccc5)cc(-c5nc(-c6ccccc6)nc(-c6ccc(C#N)cc6)n5)c4)nc3)(C1)C2. The molecule has 2 saturated carbocycles. The van der Waals surface area contributed by atoms with Gasteiger partial charge in [-0.05, 0) is 120 Å². The van der Waals surface area contributed by atoms with Crippen LogP contribution in [0.3, 0.4) is 0 Å². The zero-order chi connectivity index (χ0) is 33.4. The molecule has 4 atom stereocenters. The Hall–Kier alpha value is -5.47. The molecule has 240 valence electrons. The van der Waals surface area contributed by atoms with Crippen LogP contribution in [-0.2, 0) is 5.41 Å². The minimum Gasteiger partial charge on any atom is -0.256 e. The van der Waals surface area contributed by atoms with E-state index in [2.05, 4.69) is 80.7 Å². The summed E-state index contributed by atoms with van der Waals surface area (Å²) in [4.78, 5) is 20.1. The van der Waals surface area contributed by atoms with E-state index >= 15 is 0 Å². The van der Waals surface area contributed by atoms with Crippen LogP contribution in [0.2, 0.25) is 0 Å². The average molecular weight is 638 g/mol. The summed E-state index contributed by atoms with van der Waals surface area (Å²) in [7, 11) is 0. The van der Waals surface area contributed by atoms with E-state index in [1.165, 1.54) is 37.7 Å². The van der Waals surface area contributed by atoms with E-state index in [9.17, 15) is 5.26 Å². The highest BCUT2D eigenvalue weighted by molar-refractivity contribution is 5.79. The minimum atomic E-state index is 0.239. The highest BCUT2D eigenvalue weighted by atomic mass is 15.0. The molecule has 5 heteroatoms. The van der Waals surface area contributed by atoms with Crippen molar-refractivity contribution in [1.82, 2.24) is 19.9 Å². The minimum absolute atomic E-state index is 0.239. The fourth-order valence-corrected chi connectivity index (χ4v) is 8.68. The van der Waals surface area contributed by atoms with Crippen LogP contribution in [0.15, 0.2) is 121 Å². The van der Waals surface area contributed by atoms with E-state index in [0.717, 1.165) is 56.8 Å². The lowest BCUT2D eigenvalue weighted by atomic mass is 9.55. The van der Waals surface area contributed by atoms with Crippen LogP contribution in [0.4, 0.5) is 0 Å². The van der Waals surface area contributed by atoms with E-state index in [1.54, 1.807) is 12.1 Å². The summed E-state index contributed by atoms with van der Waals surface area (Å²) in [6.07, 6.45) is 8.70. The maximum absolute atomic E-state index is 9.37. The van der Waals surface area contributed by atoms with Gasteiger partial charge in [0.2, 0.25) is 0 Å². The second-order valence-electron chi connectivity index (χ2n) is 14.4. The highest BCUT2D eigenvalue weighted by Crippen LogP contribution is 2.54. The van der Waals surface area contributed by atoms with Crippen LogP contribution in [0.1, 0.15) is 57.1 Å². The molecule has 2 fully saturated rings. The molecule has 0 saturated heterocycles. The Kier molecular flexibility index (Phi) is 8.09. The molecule has 2 aliphatic carbocycles. The van der Waals surface area contributed by atoms with Crippen molar-refractivity contribution in [2.24, 2.45) is 17.8 Å². The van der Waals surface area contributed by atoms with Gasteiger partial charge >= 0.3 is 0 Å². The normalized spacial score (nSPS) is 21.5. The third-order valence-corrected chi connectivity index (χ3v) is 10.5. The molecule has 49 heavy (non-hydrogen) atoms. The lowest BCUT2D eigenvalue weighted by Crippen LogP contribution is -2.42. The van der Waals surface area contributed by atoms with Crippen molar-refractivity contribution in [1.29, 1.82) is 5.26 Å². The number of hydrogen-bond donors (Lipinski definition) is 0. The Morgan fingerprint density at radius 2 is 1.12 bits per heavy atom. The van der Waals surface area contributed by atoms with Crippen LogP contribution < -0.4 is 0 Å². The molecule has 1 unspecified atom stereocenters. The molecule has 6 aromatic rings. The van der Waals surface area contributed by atoms with E-state index in [-0.39, 0.29) is 5.41 Å². The van der Waals surface area contributed by atoms with Crippen LogP contribution >= 0.6 is 0 Å². The lowest BCUT2D eigenvalue weighted by molar-refractivity contribution is 0.0778. The van der Waals surface area contributed by atoms with E-state index in [1.807, 2.05) is 48.5 Å². The molecule has 2 aliphatic rings. The Balaban J connectivity index is 1.25. The van der Waals surface area contributed by atoms with Gasteiger partial charge in [-0.2, -0.15) is 5.26 Å². The van der Waals surface area contributed by atoms with Gasteiger partial charge < -0.3 is 0 Å². The van der Waals surface area contributed by atoms with Crippen molar-refractivity contribution in [3.63, 3.8) is 0 Å². The first kappa shape index (κ1) is 30.8. The predicted octanol–water partition coefficient (Wildman–Crippen LogP) is 10.6. The zero-order valence-corrected chi connectivity index (χ0v) is 28.1. The van der Waals surface area contributed by atoms with Crippen LogP contribution in [0.25, 0.3) is 56.5 Å². The fourth-order valence-electron chi connectivity index (χ4n) is 8.68. The summed E-state index contributed by atoms with van der Waals surface area (Å²) >= 11 is 0. The third kappa shape index (κ3) is 6.27. The predicted molar refractivity (Wildman–Crippen MR) is 196 cm³/mol. The molecule has 0 radical (unpaired) electrons. The van der Waals surface area contributed by atoms with Gasteiger partial charge in [-0.1, -0.05) is 80.6 Å². The topological polar surface area (TPSA) is 75.3 Å². The summed E-state index contributed by atoms with van der Waals surface area (Å²) in [5.41, 5.74) is 9.01. The van der Waals surface area contributed by atoms with Crippen LogP contribution in [0, 0.1) is 29.1 Å². The summed E-state index contributed by atoms with van der Waals surface area (Å²) in [6, 6.07) is 41.1. The number of benzene rings is 4. The highest BCUT2D eigenvalue weighted by Gasteiger charge is 2.45. The van der Waals surface area contributed by atoms with Gasteiger partial charge in [0.25, 0.3) is 0 Å². The van der Waals surface area contributed by atoms with Crippen molar-refractivity contribution in [3.8, 4) is 62.6 Å². The molecule has 4 aromatic carbocycles. The summed E-state index contributed by atoms with van der Waals surface area (Å²) in [5.74, 6) is 4.08. The number of hydrogen-bond acceptors (Lipinski definition) is 5. The van der Waals surface area contributed by atoms with Crippen molar-refractivity contribution in [2.45, 2.75) is 51.4 Å². The molecule has 2 heterocycles. The number of fused-ring (bicyclic) bond motifs is 2. The fraction of sp³-hybridized carbons (Fsp3) is 0.250. The molecule has 0 amide bonds. The molecule has 0 spiro atoms. The maximum atomic E-state index is 9.37. The third-order valence-electron chi connectivity index (χ3n) is 10.5. The molecule has 8 rings (SSSR count). The standard InChI is InChI=1S/C44H39N5/c1-29-19-32-20-30(2)25-44(24-29,26-32)39-17-18-40(46-28-39)37-21-36(33-9-5-3-6-10-33)22-38(23-37)43-48-41(34-11-7-4-8-12-34)47-42(49-43)35-15-13-31(27-45)14-16-35/h3-18,21-23,28-30,32H,19-20,24-26H2,1-2H3/t29-,30+,32-,44?. The van der Waals surface area contributed by atoms with Gasteiger partial charge in [-0.15, -0.1) is 0 Å². The summed E-state index contributed by atoms with van der Waals surface area (Å²) in [6.45, 7) is 4.87. The van der Waals surface area contributed by atoms with Crippen molar-refractivity contribution >= 4 is 0 Å². The molecular formula is C44H39N5. The van der Waals surface area contributed by atoms with Crippen molar-refractivity contribution in [2.75, 3.05) is 0 Å². The molecule has 2 aromatic heterocycles. The average Bonchev–Trinajstić information content (AvgIpc) is 3.14. The maximum Gasteiger partial charge on any atom is 0.164 e. The first-order valence-corrected chi connectivity index (χ1v) is 17.4. The monoisotopic (exact) mass is 637 g/mol. The largest absolute Gasteiger partial charge is 0.256 e. The van der Waals surface area contributed by atoms with Gasteiger partial charge in [0.05, 0.1) is 17.3 Å². The Bertz CT molecular complexity index is 2110. The summed E-state index contributed by atoms with van der Waals surface area (Å²) < 4.78 is 0. The lowest BCUT2D eigenvalue weighted by Gasteiger charge is -2.50. The van der Waals surface area contributed by atoms with Gasteiger partial charge in [0, 0.05) is 28.5 Å². The first-order valence-electron chi connectivity index (χ1n) is 17.4. The van der Waals surface area contributed by atoms with E-state index < -0.39 is 0 Å². The van der Waals surface area contributed by atoms with E-state index in [0.29, 0.717) is 23.0 Å². The number of pyridine rings is 1. The number of nitriles is 1. The number of rotatable bonds is 6. The second-order valence-corrected chi connectivity index (χ2v) is 14.4. The first-order chi connectivity index (χ1) is 23.9. The van der Waals surface area contributed by atoms with Gasteiger partial charge in [0.15, 0.2) is 17.5 Å². The molecule has 0 aliphatic heterocycles. The summed E-state index contributed by atoms with van der Waals surface area (Å²) in [5, 5.41) is 9.37. The van der Waals surface area contributed by atoms with Crippen LogP contribution in [-0.4, -0.2) is 19.9 Å². The Morgan fingerprint density at radius 1 is 0.571 bits per heavy atom. The van der Waals surface area contributed by atoms with Gasteiger partial charge in [-0.3, -0.25) is 4.98 Å². The van der Waals surface area contributed by atoms with Crippen LogP contribution in [0.5, 0.6) is 0 Å². The van der Waals surface area contributed by atoms with Gasteiger partial charge in [0.1, 0.15) is 0 Å². The van der Waals surface area contributed by atoms with E-state index in [4.69, 9.17) is 19.9 Å². The molecule has 2 bridgehead atoms. The molecule has 0 N–H and O–H groups in total.